The van der Waals surface area contributed by atoms with Crippen LogP contribution in [0.4, 0.5) is 0 Å². The van der Waals surface area contributed by atoms with Gasteiger partial charge in [0.05, 0.1) is 7.11 Å². The lowest BCUT2D eigenvalue weighted by Crippen LogP contribution is -2.23. The Morgan fingerprint density at radius 1 is 1.25 bits per heavy atom. The molecule has 0 saturated carbocycles. The van der Waals surface area contributed by atoms with Gasteiger partial charge in [0.15, 0.2) is 0 Å². The molecule has 2 aromatic rings. The van der Waals surface area contributed by atoms with Crippen molar-refractivity contribution in [1.29, 1.82) is 0 Å². The number of nitrogens with zero attached hydrogens (tertiary/aromatic N) is 2. The van der Waals surface area contributed by atoms with Gasteiger partial charge in [-0.1, -0.05) is 30.7 Å². The summed E-state index contributed by atoms with van der Waals surface area (Å²) >= 11 is 5.94. The van der Waals surface area contributed by atoms with Gasteiger partial charge in [-0.25, -0.2) is 9.97 Å². The number of ether oxygens (including phenoxy) is 1. The summed E-state index contributed by atoms with van der Waals surface area (Å²) in [7, 11) is 1.60. The van der Waals surface area contributed by atoms with Crippen molar-refractivity contribution in [2.24, 2.45) is 0 Å². The van der Waals surface area contributed by atoms with Crippen LogP contribution in [0.3, 0.4) is 0 Å². The van der Waals surface area contributed by atoms with E-state index >= 15 is 0 Å². The van der Waals surface area contributed by atoms with Crippen LogP contribution in [0.15, 0.2) is 36.7 Å². The summed E-state index contributed by atoms with van der Waals surface area (Å²) in [4.78, 5) is 8.32. The number of aromatic nitrogens is 2. The minimum absolute atomic E-state index is 0.192. The van der Waals surface area contributed by atoms with Crippen LogP contribution in [-0.2, 0) is 6.42 Å². The largest absolute Gasteiger partial charge is 0.481 e. The SMILES string of the molecule is CCNC(Cc1cc(OC)ncn1)c1ccc(Cl)cc1. The van der Waals surface area contributed by atoms with Crippen molar-refractivity contribution in [3.05, 3.63) is 52.9 Å². The maximum Gasteiger partial charge on any atom is 0.216 e. The van der Waals surface area contributed by atoms with Gasteiger partial charge >= 0.3 is 0 Å². The molecule has 4 nitrogen and oxygen atoms in total. The number of hydrogen-bond acceptors (Lipinski definition) is 4. The molecule has 0 fully saturated rings. The molecule has 106 valence electrons. The third kappa shape index (κ3) is 3.92. The van der Waals surface area contributed by atoms with Gasteiger partial charge in [0.2, 0.25) is 5.88 Å². The average Bonchev–Trinajstić information content (AvgIpc) is 2.48. The van der Waals surface area contributed by atoms with Crippen molar-refractivity contribution in [1.82, 2.24) is 15.3 Å². The number of hydrogen-bond donors (Lipinski definition) is 1. The molecule has 1 heterocycles. The molecule has 1 unspecified atom stereocenters. The van der Waals surface area contributed by atoms with E-state index in [4.69, 9.17) is 16.3 Å². The molecule has 0 saturated heterocycles. The lowest BCUT2D eigenvalue weighted by atomic mass is 10.0. The summed E-state index contributed by atoms with van der Waals surface area (Å²) in [5.74, 6) is 0.585. The van der Waals surface area contributed by atoms with Gasteiger partial charge in [-0.15, -0.1) is 0 Å². The van der Waals surface area contributed by atoms with Crippen molar-refractivity contribution in [3.63, 3.8) is 0 Å². The average molecular weight is 292 g/mol. The Morgan fingerprint density at radius 3 is 2.65 bits per heavy atom. The van der Waals surface area contributed by atoms with Crippen molar-refractivity contribution in [2.45, 2.75) is 19.4 Å². The number of halogens is 1. The van der Waals surface area contributed by atoms with E-state index in [1.165, 1.54) is 11.9 Å². The third-order valence-electron chi connectivity index (χ3n) is 3.04. The van der Waals surface area contributed by atoms with Crippen LogP contribution in [0.25, 0.3) is 0 Å². The molecule has 0 radical (unpaired) electrons. The van der Waals surface area contributed by atoms with Gasteiger partial charge in [-0.3, -0.25) is 0 Å². The maximum absolute atomic E-state index is 5.94. The van der Waals surface area contributed by atoms with Crippen LogP contribution in [0, 0.1) is 0 Å². The second kappa shape index (κ2) is 7.22. The fourth-order valence-electron chi connectivity index (χ4n) is 2.06. The maximum atomic E-state index is 5.94. The van der Waals surface area contributed by atoms with E-state index in [0.717, 1.165) is 23.7 Å². The predicted octanol–water partition coefficient (Wildman–Crippen LogP) is 3.03. The minimum Gasteiger partial charge on any atom is -0.481 e. The first-order chi connectivity index (χ1) is 9.72. The standard InChI is InChI=1S/C15H18ClN3O/c1-3-17-14(11-4-6-12(16)7-5-11)8-13-9-15(20-2)19-10-18-13/h4-7,9-10,14,17H,3,8H2,1-2H3. The number of methoxy groups -OCH3 is 1. The summed E-state index contributed by atoms with van der Waals surface area (Å²) in [6.07, 6.45) is 2.30. The second-order valence-electron chi connectivity index (χ2n) is 4.42. The van der Waals surface area contributed by atoms with Crippen molar-refractivity contribution in [2.75, 3.05) is 13.7 Å². The Hall–Kier alpha value is -1.65. The van der Waals surface area contributed by atoms with E-state index in [2.05, 4.69) is 22.2 Å². The van der Waals surface area contributed by atoms with Gasteiger partial charge < -0.3 is 10.1 Å². The molecule has 0 aliphatic carbocycles. The summed E-state index contributed by atoms with van der Waals surface area (Å²) in [5, 5.41) is 4.20. The summed E-state index contributed by atoms with van der Waals surface area (Å²) in [6, 6.07) is 9.93. The zero-order valence-corrected chi connectivity index (χ0v) is 12.4. The smallest absolute Gasteiger partial charge is 0.216 e. The molecule has 0 amide bonds. The Labute approximate surface area is 124 Å². The quantitative estimate of drug-likeness (QED) is 0.889. The molecule has 2 rings (SSSR count). The number of rotatable bonds is 6. The molecule has 0 spiro atoms. The lowest BCUT2D eigenvalue weighted by Gasteiger charge is -2.18. The molecule has 0 aliphatic rings. The second-order valence-corrected chi connectivity index (χ2v) is 4.85. The normalized spacial score (nSPS) is 12.2. The molecule has 5 heteroatoms. The fourth-order valence-corrected chi connectivity index (χ4v) is 2.18. The molecule has 1 atom stereocenters. The van der Waals surface area contributed by atoms with E-state index in [1.54, 1.807) is 7.11 Å². The van der Waals surface area contributed by atoms with Crippen LogP contribution in [0.5, 0.6) is 5.88 Å². The number of benzene rings is 1. The van der Waals surface area contributed by atoms with Gasteiger partial charge in [0, 0.05) is 29.2 Å². The Kier molecular flexibility index (Phi) is 5.32. The highest BCUT2D eigenvalue weighted by Gasteiger charge is 2.12. The summed E-state index contributed by atoms with van der Waals surface area (Å²) < 4.78 is 5.13. The van der Waals surface area contributed by atoms with Gasteiger partial charge in [-0.2, -0.15) is 0 Å². The first-order valence-electron chi connectivity index (χ1n) is 6.56. The molecule has 0 aliphatic heterocycles. The lowest BCUT2D eigenvalue weighted by molar-refractivity contribution is 0.395. The third-order valence-corrected chi connectivity index (χ3v) is 3.30. The fraction of sp³-hybridized carbons (Fsp3) is 0.333. The van der Waals surface area contributed by atoms with Gasteiger partial charge in [0.25, 0.3) is 0 Å². The Balaban J connectivity index is 2.18. The van der Waals surface area contributed by atoms with E-state index < -0.39 is 0 Å². The van der Waals surface area contributed by atoms with Crippen molar-refractivity contribution < 1.29 is 4.74 Å². The zero-order chi connectivity index (χ0) is 14.4. The molecule has 20 heavy (non-hydrogen) atoms. The van der Waals surface area contributed by atoms with Crippen LogP contribution >= 0.6 is 11.6 Å². The molecule has 1 N–H and O–H groups in total. The van der Waals surface area contributed by atoms with Gasteiger partial charge in [0.1, 0.15) is 6.33 Å². The number of nitrogens with one attached hydrogen (secondary N) is 1. The van der Waals surface area contributed by atoms with Gasteiger partial charge in [-0.05, 0) is 24.2 Å². The zero-order valence-electron chi connectivity index (χ0n) is 11.6. The van der Waals surface area contributed by atoms with E-state index in [1.807, 2.05) is 30.3 Å². The highest BCUT2D eigenvalue weighted by molar-refractivity contribution is 6.30. The van der Waals surface area contributed by atoms with Crippen LogP contribution in [0.1, 0.15) is 24.2 Å². The highest BCUT2D eigenvalue weighted by atomic mass is 35.5. The predicted molar refractivity (Wildman–Crippen MR) is 80.2 cm³/mol. The molecule has 0 bridgehead atoms. The monoisotopic (exact) mass is 291 g/mol. The summed E-state index contributed by atoms with van der Waals surface area (Å²) in [6.45, 7) is 2.97. The van der Waals surface area contributed by atoms with E-state index in [0.29, 0.717) is 5.88 Å². The Morgan fingerprint density at radius 2 is 2.00 bits per heavy atom. The molecule has 1 aromatic heterocycles. The topological polar surface area (TPSA) is 47.0 Å². The van der Waals surface area contributed by atoms with Crippen molar-refractivity contribution >= 4 is 11.6 Å². The van der Waals surface area contributed by atoms with Crippen LogP contribution in [-0.4, -0.2) is 23.6 Å². The number of likely N-dealkylation sites (N-methyl/N-ethyl adjacent to an activating group) is 1. The Bertz CT molecular complexity index is 545. The molecular weight excluding hydrogens is 274 g/mol. The van der Waals surface area contributed by atoms with Crippen LogP contribution in [0.2, 0.25) is 5.02 Å². The first-order valence-corrected chi connectivity index (χ1v) is 6.94. The van der Waals surface area contributed by atoms with Crippen molar-refractivity contribution in [3.8, 4) is 5.88 Å². The molecular formula is C15H18ClN3O. The first kappa shape index (κ1) is 14.8. The van der Waals surface area contributed by atoms with Crippen LogP contribution < -0.4 is 10.1 Å². The minimum atomic E-state index is 0.192. The highest BCUT2D eigenvalue weighted by Crippen LogP contribution is 2.20. The van der Waals surface area contributed by atoms with E-state index in [-0.39, 0.29) is 6.04 Å². The molecule has 1 aromatic carbocycles. The van der Waals surface area contributed by atoms with E-state index in [9.17, 15) is 0 Å². The summed E-state index contributed by atoms with van der Waals surface area (Å²) in [5.41, 5.74) is 2.13.